The SMILES string of the molecule is CCCCC(CC)C(=O)CC(=O)OCC(=O)OC. The van der Waals surface area contributed by atoms with Crippen molar-refractivity contribution in [1.29, 1.82) is 0 Å². The number of carbonyl (C=O) groups excluding carboxylic acids is 3. The molecule has 5 heteroatoms. The van der Waals surface area contributed by atoms with E-state index in [4.69, 9.17) is 0 Å². The zero-order valence-electron chi connectivity index (χ0n) is 11.4. The zero-order valence-corrected chi connectivity index (χ0v) is 11.4. The van der Waals surface area contributed by atoms with E-state index in [0.717, 1.165) is 25.7 Å². The predicted molar refractivity (Wildman–Crippen MR) is 65.9 cm³/mol. The summed E-state index contributed by atoms with van der Waals surface area (Å²) in [6, 6.07) is 0. The highest BCUT2D eigenvalue weighted by Gasteiger charge is 2.20. The Morgan fingerprint density at radius 1 is 1.11 bits per heavy atom. The molecular weight excluding hydrogens is 236 g/mol. The summed E-state index contributed by atoms with van der Waals surface area (Å²) >= 11 is 0. The van der Waals surface area contributed by atoms with Gasteiger partial charge in [-0.2, -0.15) is 0 Å². The molecule has 0 aromatic rings. The second kappa shape index (κ2) is 9.62. The van der Waals surface area contributed by atoms with Gasteiger partial charge in [-0.1, -0.05) is 26.7 Å². The largest absolute Gasteiger partial charge is 0.466 e. The quantitative estimate of drug-likeness (QED) is 0.466. The minimum atomic E-state index is -0.666. The van der Waals surface area contributed by atoms with Crippen LogP contribution in [0.2, 0.25) is 0 Å². The van der Waals surface area contributed by atoms with E-state index < -0.39 is 18.5 Å². The lowest BCUT2D eigenvalue weighted by atomic mass is 9.93. The van der Waals surface area contributed by atoms with Crippen LogP contribution in [-0.4, -0.2) is 31.4 Å². The molecule has 0 fully saturated rings. The molecule has 0 saturated carbocycles. The molecular formula is C13H22O5. The Balaban J connectivity index is 4.03. The van der Waals surface area contributed by atoms with Gasteiger partial charge < -0.3 is 9.47 Å². The summed E-state index contributed by atoms with van der Waals surface area (Å²) in [5.74, 6) is -1.49. The Morgan fingerprint density at radius 3 is 2.28 bits per heavy atom. The molecule has 0 rings (SSSR count). The summed E-state index contributed by atoms with van der Waals surface area (Å²) in [7, 11) is 1.21. The van der Waals surface area contributed by atoms with Crippen molar-refractivity contribution in [2.75, 3.05) is 13.7 Å². The number of carbonyl (C=O) groups is 3. The van der Waals surface area contributed by atoms with Gasteiger partial charge in [-0.05, 0) is 12.8 Å². The Bertz CT molecular complexity index is 285. The van der Waals surface area contributed by atoms with Crippen molar-refractivity contribution in [3.8, 4) is 0 Å². The van der Waals surface area contributed by atoms with Crippen LogP contribution in [0.5, 0.6) is 0 Å². The first-order valence-electron chi connectivity index (χ1n) is 6.30. The predicted octanol–water partition coefficient (Wildman–Crippen LogP) is 1.88. The number of ether oxygens (including phenoxy) is 2. The van der Waals surface area contributed by atoms with Crippen molar-refractivity contribution < 1.29 is 23.9 Å². The molecule has 0 aliphatic heterocycles. The van der Waals surface area contributed by atoms with Gasteiger partial charge in [-0.25, -0.2) is 4.79 Å². The highest BCUT2D eigenvalue weighted by molar-refractivity contribution is 5.97. The molecule has 0 saturated heterocycles. The van der Waals surface area contributed by atoms with Gasteiger partial charge in [0.2, 0.25) is 0 Å². The van der Waals surface area contributed by atoms with Crippen LogP contribution in [0.25, 0.3) is 0 Å². The van der Waals surface area contributed by atoms with Crippen LogP contribution >= 0.6 is 0 Å². The molecule has 0 N–H and O–H groups in total. The average Bonchev–Trinajstić information content (AvgIpc) is 2.36. The van der Waals surface area contributed by atoms with E-state index in [0.29, 0.717) is 0 Å². The van der Waals surface area contributed by atoms with Crippen molar-refractivity contribution in [3.63, 3.8) is 0 Å². The molecule has 0 radical (unpaired) electrons. The zero-order chi connectivity index (χ0) is 14.0. The van der Waals surface area contributed by atoms with Crippen molar-refractivity contribution in [2.24, 2.45) is 5.92 Å². The third-order valence-corrected chi connectivity index (χ3v) is 2.75. The van der Waals surface area contributed by atoms with Gasteiger partial charge in [0.15, 0.2) is 6.61 Å². The first-order chi connectivity index (χ1) is 8.54. The number of rotatable bonds is 9. The first kappa shape index (κ1) is 16.6. The third kappa shape index (κ3) is 7.04. The highest BCUT2D eigenvalue weighted by Crippen LogP contribution is 2.15. The van der Waals surface area contributed by atoms with Crippen molar-refractivity contribution in [2.45, 2.75) is 46.0 Å². The van der Waals surface area contributed by atoms with Crippen LogP contribution in [0.4, 0.5) is 0 Å². The standard InChI is InChI=1S/C13H22O5/c1-4-6-7-10(5-2)11(14)8-12(15)18-9-13(16)17-3/h10H,4-9H2,1-3H3. The van der Waals surface area contributed by atoms with E-state index in [1.54, 1.807) is 0 Å². The molecule has 18 heavy (non-hydrogen) atoms. The van der Waals surface area contributed by atoms with Gasteiger partial charge in [-0.3, -0.25) is 9.59 Å². The Morgan fingerprint density at radius 2 is 1.78 bits per heavy atom. The molecule has 0 aliphatic carbocycles. The van der Waals surface area contributed by atoms with Gasteiger partial charge in [0.25, 0.3) is 0 Å². The molecule has 0 heterocycles. The molecule has 0 aromatic carbocycles. The average molecular weight is 258 g/mol. The Kier molecular flexibility index (Phi) is 8.88. The lowest BCUT2D eigenvalue weighted by Gasteiger charge is -2.12. The maximum absolute atomic E-state index is 11.8. The number of ketones is 1. The minimum absolute atomic E-state index is 0.0874. The van der Waals surface area contributed by atoms with Crippen LogP contribution < -0.4 is 0 Å². The van der Waals surface area contributed by atoms with Gasteiger partial charge in [-0.15, -0.1) is 0 Å². The smallest absolute Gasteiger partial charge is 0.344 e. The molecule has 104 valence electrons. The van der Waals surface area contributed by atoms with E-state index in [1.807, 2.05) is 6.92 Å². The maximum Gasteiger partial charge on any atom is 0.344 e. The number of unbranched alkanes of at least 4 members (excludes halogenated alkanes) is 1. The topological polar surface area (TPSA) is 69.7 Å². The fourth-order valence-electron chi connectivity index (χ4n) is 1.58. The number of esters is 2. The fraction of sp³-hybridized carbons (Fsp3) is 0.769. The fourth-order valence-corrected chi connectivity index (χ4v) is 1.58. The summed E-state index contributed by atoms with van der Waals surface area (Å²) in [6.45, 7) is 3.55. The summed E-state index contributed by atoms with van der Waals surface area (Å²) in [4.78, 5) is 33.9. The Hall–Kier alpha value is -1.39. The number of methoxy groups -OCH3 is 1. The molecule has 0 amide bonds. The molecule has 1 unspecified atom stereocenters. The third-order valence-electron chi connectivity index (χ3n) is 2.75. The molecule has 0 aliphatic rings. The lowest BCUT2D eigenvalue weighted by molar-refractivity contribution is -0.158. The van der Waals surface area contributed by atoms with Gasteiger partial charge in [0.1, 0.15) is 12.2 Å². The second-order valence-corrected chi connectivity index (χ2v) is 4.13. The van der Waals surface area contributed by atoms with Crippen molar-refractivity contribution in [3.05, 3.63) is 0 Å². The van der Waals surface area contributed by atoms with Gasteiger partial charge in [0.05, 0.1) is 7.11 Å². The minimum Gasteiger partial charge on any atom is -0.466 e. The van der Waals surface area contributed by atoms with E-state index in [9.17, 15) is 14.4 Å². The molecule has 0 aromatic heterocycles. The van der Waals surface area contributed by atoms with Crippen LogP contribution in [0.1, 0.15) is 46.0 Å². The van der Waals surface area contributed by atoms with Crippen LogP contribution in [0, 0.1) is 5.92 Å². The number of hydrogen-bond acceptors (Lipinski definition) is 5. The summed E-state index contributed by atoms with van der Waals surface area (Å²) in [5, 5.41) is 0. The normalized spacial score (nSPS) is 11.7. The second-order valence-electron chi connectivity index (χ2n) is 4.13. The van der Waals surface area contributed by atoms with Crippen LogP contribution in [-0.2, 0) is 23.9 Å². The van der Waals surface area contributed by atoms with E-state index in [1.165, 1.54) is 7.11 Å². The summed E-state index contributed by atoms with van der Waals surface area (Å²) in [6.07, 6.45) is 3.26. The highest BCUT2D eigenvalue weighted by atomic mass is 16.6. The molecule has 0 spiro atoms. The van der Waals surface area contributed by atoms with Gasteiger partial charge >= 0.3 is 11.9 Å². The number of Topliss-reactive ketones (excluding diaryl/α,β-unsaturated/α-hetero) is 1. The van der Waals surface area contributed by atoms with E-state index in [-0.39, 0.29) is 18.1 Å². The molecule has 0 bridgehead atoms. The van der Waals surface area contributed by atoms with Crippen molar-refractivity contribution in [1.82, 2.24) is 0 Å². The molecule has 5 nitrogen and oxygen atoms in total. The number of hydrogen-bond donors (Lipinski definition) is 0. The van der Waals surface area contributed by atoms with Crippen LogP contribution in [0.3, 0.4) is 0 Å². The summed E-state index contributed by atoms with van der Waals surface area (Å²) in [5.41, 5.74) is 0. The lowest BCUT2D eigenvalue weighted by Crippen LogP contribution is -2.21. The van der Waals surface area contributed by atoms with Crippen molar-refractivity contribution >= 4 is 17.7 Å². The first-order valence-corrected chi connectivity index (χ1v) is 6.30. The van der Waals surface area contributed by atoms with Crippen LogP contribution in [0.15, 0.2) is 0 Å². The van der Waals surface area contributed by atoms with E-state index in [2.05, 4.69) is 16.4 Å². The van der Waals surface area contributed by atoms with Gasteiger partial charge in [0, 0.05) is 5.92 Å². The molecule has 1 atom stereocenters. The monoisotopic (exact) mass is 258 g/mol. The summed E-state index contributed by atoms with van der Waals surface area (Å²) < 4.78 is 8.96. The Labute approximate surface area is 108 Å². The van der Waals surface area contributed by atoms with E-state index >= 15 is 0 Å². The maximum atomic E-state index is 11.8.